The van der Waals surface area contributed by atoms with E-state index in [0.717, 1.165) is 10.5 Å². The van der Waals surface area contributed by atoms with Gasteiger partial charge in [0.1, 0.15) is 22.9 Å². The molecule has 0 radical (unpaired) electrons. The molecule has 0 aliphatic heterocycles. The predicted octanol–water partition coefficient (Wildman–Crippen LogP) is 2.69. The minimum atomic E-state index is -1.19. The molecule has 0 bridgehead atoms. The number of nitrogens with one attached hydrogen (secondary N) is 1. The monoisotopic (exact) mass is 334 g/mol. The number of phenols is 1. The van der Waals surface area contributed by atoms with Crippen LogP contribution in [0.3, 0.4) is 0 Å². The Morgan fingerprint density at radius 1 is 1.17 bits per heavy atom. The Hall–Kier alpha value is -2.96. The molecule has 24 heavy (non-hydrogen) atoms. The first kappa shape index (κ1) is 17.4. The number of nitrogens with zero attached hydrogens (tertiary/aromatic N) is 1. The van der Waals surface area contributed by atoms with Gasteiger partial charge in [-0.25, -0.2) is 8.78 Å². The maximum Gasteiger partial charge on any atom is 0.260 e. The Labute approximate surface area is 137 Å². The Balaban J connectivity index is 2.06. The lowest BCUT2D eigenvalue weighted by atomic mass is 10.1. The molecule has 126 valence electrons. The smallest absolute Gasteiger partial charge is 0.260 e. The van der Waals surface area contributed by atoms with Gasteiger partial charge in [0, 0.05) is 24.9 Å². The molecule has 0 fully saturated rings. The molecule has 2 aromatic carbocycles. The van der Waals surface area contributed by atoms with Crippen molar-refractivity contribution in [3.63, 3.8) is 0 Å². The van der Waals surface area contributed by atoms with Crippen molar-refractivity contribution in [3.8, 4) is 5.75 Å². The molecule has 0 spiro atoms. The van der Waals surface area contributed by atoms with E-state index >= 15 is 0 Å². The van der Waals surface area contributed by atoms with Gasteiger partial charge < -0.3 is 15.3 Å². The fourth-order valence-corrected chi connectivity index (χ4v) is 2.09. The van der Waals surface area contributed by atoms with Gasteiger partial charge in [0.25, 0.3) is 5.91 Å². The number of benzene rings is 2. The van der Waals surface area contributed by atoms with Crippen LogP contribution in [-0.4, -0.2) is 35.4 Å². The van der Waals surface area contributed by atoms with Crippen molar-refractivity contribution < 1.29 is 23.5 Å². The van der Waals surface area contributed by atoms with Crippen LogP contribution in [0, 0.1) is 18.6 Å². The second kappa shape index (κ2) is 7.08. The average molecular weight is 334 g/mol. The molecule has 5 nitrogen and oxygen atoms in total. The Morgan fingerprint density at radius 3 is 2.38 bits per heavy atom. The lowest BCUT2D eigenvalue weighted by molar-refractivity contribution is -0.116. The molecule has 0 aromatic heterocycles. The molecule has 0 saturated heterocycles. The summed E-state index contributed by atoms with van der Waals surface area (Å²) in [5, 5.41) is 12.2. The van der Waals surface area contributed by atoms with Crippen molar-refractivity contribution in [3.05, 3.63) is 59.2 Å². The first-order valence-electron chi connectivity index (χ1n) is 7.08. The molecule has 0 atom stereocenters. The summed E-state index contributed by atoms with van der Waals surface area (Å²) in [7, 11) is 1.28. The van der Waals surface area contributed by atoms with E-state index < -0.39 is 34.8 Å². The van der Waals surface area contributed by atoms with E-state index in [0.29, 0.717) is 17.8 Å². The van der Waals surface area contributed by atoms with Crippen molar-refractivity contribution in [2.75, 3.05) is 18.9 Å². The van der Waals surface area contributed by atoms with Crippen LogP contribution in [0.15, 0.2) is 36.4 Å². The van der Waals surface area contributed by atoms with Gasteiger partial charge in [-0.1, -0.05) is 17.7 Å². The Kier molecular flexibility index (Phi) is 5.13. The number of carbonyl (C=O) groups is 2. The third-order valence-corrected chi connectivity index (χ3v) is 3.31. The van der Waals surface area contributed by atoms with Gasteiger partial charge >= 0.3 is 0 Å². The summed E-state index contributed by atoms with van der Waals surface area (Å²) in [5.74, 6) is -4.42. The highest BCUT2D eigenvalue weighted by Gasteiger charge is 2.23. The number of anilines is 1. The van der Waals surface area contributed by atoms with Gasteiger partial charge in [-0.15, -0.1) is 0 Å². The van der Waals surface area contributed by atoms with E-state index in [2.05, 4.69) is 5.32 Å². The highest BCUT2D eigenvalue weighted by molar-refractivity contribution is 6.00. The average Bonchev–Trinajstić information content (AvgIpc) is 2.48. The summed E-state index contributed by atoms with van der Waals surface area (Å²) < 4.78 is 26.7. The number of phenolic OH excluding ortho intramolecular Hbond substituents is 1. The Bertz CT molecular complexity index is 753. The lowest BCUT2D eigenvalue weighted by Gasteiger charge is -2.18. The first-order chi connectivity index (χ1) is 11.3. The fourth-order valence-electron chi connectivity index (χ4n) is 2.09. The van der Waals surface area contributed by atoms with Gasteiger partial charge in [0.05, 0.1) is 6.54 Å². The number of aryl methyl sites for hydroxylation is 1. The third kappa shape index (κ3) is 4.07. The van der Waals surface area contributed by atoms with E-state index in [9.17, 15) is 23.5 Å². The number of halogens is 2. The molecule has 2 amide bonds. The van der Waals surface area contributed by atoms with E-state index in [-0.39, 0.29) is 6.54 Å². The maximum absolute atomic E-state index is 13.7. The van der Waals surface area contributed by atoms with Gasteiger partial charge in [0.2, 0.25) is 5.91 Å². The summed E-state index contributed by atoms with van der Waals surface area (Å²) in [6.45, 7) is 1.55. The van der Waals surface area contributed by atoms with Crippen molar-refractivity contribution in [1.29, 1.82) is 0 Å². The summed E-state index contributed by atoms with van der Waals surface area (Å²) in [6.07, 6.45) is 0. The topological polar surface area (TPSA) is 69.6 Å². The van der Waals surface area contributed by atoms with Crippen molar-refractivity contribution >= 4 is 17.5 Å². The first-order valence-corrected chi connectivity index (χ1v) is 7.08. The van der Waals surface area contributed by atoms with Gasteiger partial charge in [-0.2, -0.15) is 0 Å². The predicted molar refractivity (Wildman–Crippen MR) is 84.8 cm³/mol. The van der Waals surface area contributed by atoms with Crippen LogP contribution < -0.4 is 5.32 Å². The molecule has 0 saturated carbocycles. The summed E-state index contributed by atoms with van der Waals surface area (Å²) in [5.41, 5.74) is 0.909. The number of carbonyl (C=O) groups excluding carboxylic acids is 2. The molecule has 0 unspecified atom stereocenters. The minimum absolute atomic E-state index is 0.358. The zero-order valence-electron chi connectivity index (χ0n) is 13.1. The highest BCUT2D eigenvalue weighted by atomic mass is 19.1. The molecule has 2 aromatic rings. The quantitative estimate of drug-likeness (QED) is 0.903. The summed E-state index contributed by atoms with van der Waals surface area (Å²) >= 11 is 0. The highest BCUT2D eigenvalue weighted by Crippen LogP contribution is 2.23. The molecule has 7 heteroatoms. The molecular weight excluding hydrogens is 318 g/mol. The summed E-state index contributed by atoms with van der Waals surface area (Å²) in [6, 6.07) is 8.18. The molecule has 2 rings (SSSR count). The number of likely N-dealkylation sites (N-methyl/N-ethyl adjacent to an activating group) is 1. The standard InChI is InChI=1S/C17H16F2N2O3/c1-10-3-5-12(6-4-10)20-15(23)9-21(2)17(24)16-13(19)7-11(18)8-14(16)22/h3-8,22H,9H2,1-2H3,(H,20,23). The number of hydrogen-bond donors (Lipinski definition) is 2. The second-order valence-electron chi connectivity index (χ2n) is 5.36. The van der Waals surface area contributed by atoms with E-state index in [1.807, 2.05) is 19.1 Å². The number of hydrogen-bond acceptors (Lipinski definition) is 3. The minimum Gasteiger partial charge on any atom is -0.507 e. The second-order valence-corrected chi connectivity index (χ2v) is 5.36. The van der Waals surface area contributed by atoms with Crippen LogP contribution in [0.4, 0.5) is 14.5 Å². The molecule has 0 heterocycles. The van der Waals surface area contributed by atoms with Crippen molar-refractivity contribution in [2.45, 2.75) is 6.92 Å². The lowest BCUT2D eigenvalue weighted by Crippen LogP contribution is -2.35. The van der Waals surface area contributed by atoms with Crippen LogP contribution >= 0.6 is 0 Å². The van der Waals surface area contributed by atoms with Crippen molar-refractivity contribution in [1.82, 2.24) is 4.90 Å². The largest absolute Gasteiger partial charge is 0.507 e. The van der Waals surface area contributed by atoms with E-state index in [4.69, 9.17) is 0 Å². The van der Waals surface area contributed by atoms with E-state index in [1.165, 1.54) is 7.05 Å². The molecular formula is C17H16F2N2O3. The number of amides is 2. The van der Waals surface area contributed by atoms with Crippen LogP contribution in [0.1, 0.15) is 15.9 Å². The molecule has 0 aliphatic rings. The Morgan fingerprint density at radius 2 is 1.79 bits per heavy atom. The molecule has 2 N–H and O–H groups in total. The van der Waals surface area contributed by atoms with Gasteiger partial charge in [-0.3, -0.25) is 9.59 Å². The van der Waals surface area contributed by atoms with Crippen LogP contribution in [-0.2, 0) is 4.79 Å². The van der Waals surface area contributed by atoms with Gasteiger partial charge in [0.15, 0.2) is 0 Å². The third-order valence-electron chi connectivity index (χ3n) is 3.31. The zero-order chi connectivity index (χ0) is 17.9. The number of rotatable bonds is 4. The van der Waals surface area contributed by atoms with Crippen LogP contribution in [0.25, 0.3) is 0 Å². The molecule has 0 aliphatic carbocycles. The van der Waals surface area contributed by atoms with Crippen molar-refractivity contribution in [2.24, 2.45) is 0 Å². The van der Waals surface area contributed by atoms with Crippen LogP contribution in [0.2, 0.25) is 0 Å². The van der Waals surface area contributed by atoms with Gasteiger partial charge in [-0.05, 0) is 19.1 Å². The SMILES string of the molecule is Cc1ccc(NC(=O)CN(C)C(=O)c2c(O)cc(F)cc2F)cc1. The zero-order valence-corrected chi connectivity index (χ0v) is 13.1. The maximum atomic E-state index is 13.7. The normalized spacial score (nSPS) is 10.3. The summed E-state index contributed by atoms with van der Waals surface area (Å²) in [4.78, 5) is 25.0. The fraction of sp³-hybridized carbons (Fsp3) is 0.176. The van der Waals surface area contributed by atoms with E-state index in [1.54, 1.807) is 12.1 Å². The van der Waals surface area contributed by atoms with Crippen LogP contribution in [0.5, 0.6) is 5.75 Å². The number of aromatic hydroxyl groups is 1.